The highest BCUT2D eigenvalue weighted by Crippen LogP contribution is 2.26. The van der Waals surface area contributed by atoms with Crippen LogP contribution in [0.4, 0.5) is 27.5 Å². The summed E-state index contributed by atoms with van der Waals surface area (Å²) in [7, 11) is 0. The van der Waals surface area contributed by atoms with Crippen molar-refractivity contribution in [3.63, 3.8) is 0 Å². The summed E-state index contributed by atoms with van der Waals surface area (Å²) >= 11 is 0. The molecule has 1 N–H and O–H groups in total. The van der Waals surface area contributed by atoms with Gasteiger partial charge >= 0.3 is 0 Å². The Morgan fingerprint density at radius 2 is 1.61 bits per heavy atom. The molecule has 0 bridgehead atoms. The van der Waals surface area contributed by atoms with E-state index < -0.39 is 0 Å². The number of nitrogens with one attached hydrogen (secondary N) is 1. The van der Waals surface area contributed by atoms with E-state index in [0.29, 0.717) is 24.0 Å². The second-order valence-corrected chi connectivity index (χ2v) is 6.18. The van der Waals surface area contributed by atoms with E-state index in [4.69, 9.17) is 0 Å². The highest BCUT2D eigenvalue weighted by Gasteiger charge is 2.13. The molecule has 0 aliphatic carbocycles. The maximum atomic E-state index is 13.4. The summed E-state index contributed by atoms with van der Waals surface area (Å²) in [6, 6.07) is 26.2. The lowest BCUT2D eigenvalue weighted by Gasteiger charge is -2.24. The van der Waals surface area contributed by atoms with Crippen molar-refractivity contribution in [3.8, 4) is 0 Å². The number of aromatic nitrogens is 3. The van der Waals surface area contributed by atoms with Crippen molar-refractivity contribution in [1.82, 2.24) is 15.2 Å². The van der Waals surface area contributed by atoms with Crippen molar-refractivity contribution in [2.45, 2.75) is 6.54 Å². The summed E-state index contributed by atoms with van der Waals surface area (Å²) in [4.78, 5) is 6.65. The van der Waals surface area contributed by atoms with Crippen molar-refractivity contribution < 1.29 is 4.39 Å². The van der Waals surface area contributed by atoms with Crippen LogP contribution in [0.3, 0.4) is 0 Å². The first kappa shape index (κ1) is 17.6. The van der Waals surface area contributed by atoms with Crippen LogP contribution in [0.15, 0.2) is 91.1 Å². The van der Waals surface area contributed by atoms with Crippen LogP contribution >= 0.6 is 0 Å². The van der Waals surface area contributed by atoms with E-state index in [1.165, 1.54) is 12.1 Å². The fourth-order valence-electron chi connectivity index (χ4n) is 2.85. The molecule has 0 aliphatic rings. The molecular formula is C22H18FN5. The van der Waals surface area contributed by atoms with Gasteiger partial charge in [-0.3, -0.25) is 0 Å². The SMILES string of the molecule is Fc1cccc(Nc2nncc(N(Cc3ccccc3)c3ccccc3)n2)c1. The average Bonchev–Trinajstić information content (AvgIpc) is 2.74. The molecular weight excluding hydrogens is 353 g/mol. The molecule has 3 aromatic carbocycles. The first-order chi connectivity index (χ1) is 13.8. The van der Waals surface area contributed by atoms with E-state index in [1.807, 2.05) is 48.5 Å². The second kappa shape index (κ2) is 8.26. The Balaban J connectivity index is 1.66. The van der Waals surface area contributed by atoms with E-state index in [0.717, 1.165) is 11.3 Å². The molecule has 0 spiro atoms. The molecule has 4 rings (SSSR count). The molecule has 28 heavy (non-hydrogen) atoms. The maximum absolute atomic E-state index is 13.4. The molecule has 0 saturated heterocycles. The zero-order valence-electron chi connectivity index (χ0n) is 15.0. The van der Waals surface area contributed by atoms with Gasteiger partial charge in [-0.15, -0.1) is 5.10 Å². The summed E-state index contributed by atoms with van der Waals surface area (Å²) in [5.41, 5.74) is 2.70. The highest BCUT2D eigenvalue weighted by atomic mass is 19.1. The molecule has 4 aromatic rings. The van der Waals surface area contributed by atoms with Gasteiger partial charge in [-0.2, -0.15) is 10.1 Å². The van der Waals surface area contributed by atoms with Gasteiger partial charge in [0.2, 0.25) is 5.95 Å². The highest BCUT2D eigenvalue weighted by molar-refractivity contribution is 5.61. The zero-order chi connectivity index (χ0) is 19.2. The molecule has 0 unspecified atom stereocenters. The lowest BCUT2D eigenvalue weighted by Crippen LogP contribution is -2.18. The van der Waals surface area contributed by atoms with E-state index in [1.54, 1.807) is 18.3 Å². The van der Waals surface area contributed by atoms with Crippen molar-refractivity contribution in [1.29, 1.82) is 0 Å². The quantitative estimate of drug-likeness (QED) is 0.511. The zero-order valence-corrected chi connectivity index (χ0v) is 15.0. The molecule has 1 heterocycles. The Labute approximate surface area is 162 Å². The fourth-order valence-corrected chi connectivity index (χ4v) is 2.85. The van der Waals surface area contributed by atoms with E-state index in [9.17, 15) is 4.39 Å². The minimum absolute atomic E-state index is 0.303. The van der Waals surface area contributed by atoms with Crippen LogP contribution < -0.4 is 10.2 Å². The van der Waals surface area contributed by atoms with Crippen molar-refractivity contribution in [3.05, 3.63) is 103 Å². The largest absolute Gasteiger partial charge is 0.323 e. The van der Waals surface area contributed by atoms with Gasteiger partial charge in [0.1, 0.15) is 5.82 Å². The summed E-state index contributed by atoms with van der Waals surface area (Å²) in [6.07, 6.45) is 1.62. The number of benzene rings is 3. The minimum Gasteiger partial charge on any atom is -0.323 e. The summed E-state index contributed by atoms with van der Waals surface area (Å²) in [5.74, 6) is 0.616. The molecule has 5 nitrogen and oxygen atoms in total. The Kier molecular flexibility index (Phi) is 5.20. The average molecular weight is 371 g/mol. The van der Waals surface area contributed by atoms with Gasteiger partial charge in [0.05, 0.1) is 6.20 Å². The molecule has 1 aromatic heterocycles. The van der Waals surface area contributed by atoms with E-state index in [2.05, 4.69) is 37.5 Å². The molecule has 0 fully saturated rings. The lowest BCUT2D eigenvalue weighted by molar-refractivity contribution is 0.628. The van der Waals surface area contributed by atoms with Gasteiger partial charge in [0.25, 0.3) is 0 Å². The summed E-state index contributed by atoms with van der Waals surface area (Å²) in [6.45, 7) is 0.628. The number of nitrogens with zero attached hydrogens (tertiary/aromatic N) is 4. The topological polar surface area (TPSA) is 53.9 Å². The molecule has 0 radical (unpaired) electrons. The Morgan fingerprint density at radius 3 is 2.36 bits per heavy atom. The van der Waals surface area contributed by atoms with Gasteiger partial charge in [-0.05, 0) is 35.9 Å². The van der Waals surface area contributed by atoms with Crippen LogP contribution in [0.2, 0.25) is 0 Å². The second-order valence-electron chi connectivity index (χ2n) is 6.18. The molecule has 0 amide bonds. The Bertz CT molecular complexity index is 1040. The molecule has 0 saturated carbocycles. The van der Waals surface area contributed by atoms with Gasteiger partial charge in [0, 0.05) is 17.9 Å². The smallest absolute Gasteiger partial charge is 0.249 e. The van der Waals surface area contributed by atoms with Gasteiger partial charge in [-0.25, -0.2) is 4.39 Å². The van der Waals surface area contributed by atoms with Crippen LogP contribution in [0.5, 0.6) is 0 Å². The molecule has 0 aliphatic heterocycles. The van der Waals surface area contributed by atoms with Gasteiger partial charge in [0.15, 0.2) is 5.82 Å². The predicted molar refractivity (Wildman–Crippen MR) is 108 cm³/mol. The van der Waals surface area contributed by atoms with Crippen molar-refractivity contribution >= 4 is 23.1 Å². The van der Waals surface area contributed by atoms with Crippen LogP contribution in [0.25, 0.3) is 0 Å². The number of anilines is 4. The predicted octanol–water partition coefficient (Wildman–Crippen LogP) is 5.09. The van der Waals surface area contributed by atoms with E-state index >= 15 is 0 Å². The summed E-state index contributed by atoms with van der Waals surface area (Å²) < 4.78 is 13.4. The normalized spacial score (nSPS) is 10.5. The molecule has 6 heteroatoms. The summed E-state index contributed by atoms with van der Waals surface area (Å²) in [5, 5.41) is 11.1. The minimum atomic E-state index is -0.330. The van der Waals surface area contributed by atoms with Crippen molar-refractivity contribution in [2.75, 3.05) is 10.2 Å². The number of rotatable bonds is 6. The third-order valence-electron chi connectivity index (χ3n) is 4.15. The lowest BCUT2D eigenvalue weighted by atomic mass is 10.2. The third kappa shape index (κ3) is 4.29. The number of para-hydroxylation sites is 1. The van der Waals surface area contributed by atoms with Crippen LogP contribution in [0.1, 0.15) is 5.56 Å². The number of hydrogen-bond acceptors (Lipinski definition) is 5. The van der Waals surface area contributed by atoms with Crippen LogP contribution in [0, 0.1) is 5.82 Å². The van der Waals surface area contributed by atoms with Gasteiger partial charge < -0.3 is 10.2 Å². The number of halogens is 1. The Morgan fingerprint density at radius 1 is 0.857 bits per heavy atom. The van der Waals surface area contributed by atoms with Gasteiger partial charge in [-0.1, -0.05) is 54.6 Å². The standard InChI is InChI=1S/C22H18FN5/c23-18-10-7-11-19(14-18)25-22-26-21(15-24-27-22)28(20-12-5-2-6-13-20)16-17-8-3-1-4-9-17/h1-15H,16H2,(H,25,26,27). The molecule has 0 atom stereocenters. The maximum Gasteiger partial charge on any atom is 0.249 e. The monoisotopic (exact) mass is 371 g/mol. The first-order valence-corrected chi connectivity index (χ1v) is 8.87. The van der Waals surface area contributed by atoms with Crippen molar-refractivity contribution in [2.24, 2.45) is 0 Å². The van der Waals surface area contributed by atoms with E-state index in [-0.39, 0.29) is 5.82 Å². The fraction of sp³-hybridized carbons (Fsp3) is 0.0455. The molecule has 138 valence electrons. The third-order valence-corrected chi connectivity index (χ3v) is 4.15. The first-order valence-electron chi connectivity index (χ1n) is 8.87. The number of hydrogen-bond donors (Lipinski definition) is 1. The van der Waals surface area contributed by atoms with Crippen LogP contribution in [-0.4, -0.2) is 15.2 Å². The van der Waals surface area contributed by atoms with Crippen LogP contribution in [-0.2, 0) is 6.54 Å². The Hall–Kier alpha value is -3.80.